The van der Waals surface area contributed by atoms with E-state index in [2.05, 4.69) is 0 Å². The Morgan fingerprint density at radius 2 is 1.60 bits per heavy atom. The van der Waals surface area contributed by atoms with Gasteiger partial charge in [-0.1, -0.05) is 60.7 Å². The predicted molar refractivity (Wildman–Crippen MR) is 77.6 cm³/mol. The van der Waals surface area contributed by atoms with Crippen LogP contribution in [-0.4, -0.2) is 24.1 Å². The van der Waals surface area contributed by atoms with Crippen molar-refractivity contribution in [3.05, 3.63) is 71.8 Å². The molecule has 0 radical (unpaired) electrons. The lowest BCUT2D eigenvalue weighted by atomic mass is 10.00. The van der Waals surface area contributed by atoms with E-state index in [4.69, 9.17) is 9.84 Å². The van der Waals surface area contributed by atoms with Crippen molar-refractivity contribution in [2.24, 2.45) is 0 Å². The average Bonchev–Trinajstić information content (AvgIpc) is 2.53. The number of hydrogen-bond donors (Lipinski definition) is 1. The molecule has 1 atom stereocenters. The number of aliphatic hydroxyl groups excluding tert-OH is 1. The Kier molecular flexibility index (Phi) is 5.47. The highest BCUT2D eigenvalue weighted by molar-refractivity contribution is 5.96. The zero-order valence-electron chi connectivity index (χ0n) is 11.2. The second kappa shape index (κ2) is 7.58. The van der Waals surface area contributed by atoms with Crippen molar-refractivity contribution < 1.29 is 14.6 Å². The molecular weight excluding hydrogens is 252 g/mol. The van der Waals surface area contributed by atoms with Crippen molar-refractivity contribution in [2.75, 3.05) is 13.2 Å². The number of benzene rings is 2. The van der Waals surface area contributed by atoms with E-state index < -0.39 is 0 Å². The first-order chi connectivity index (χ1) is 9.81. The first kappa shape index (κ1) is 14.4. The SMILES string of the molecule is O=C(CC(OCCO)c1ccccc1)c1ccccc1. The van der Waals surface area contributed by atoms with Crippen LogP contribution in [0.5, 0.6) is 0 Å². The molecule has 2 aromatic carbocycles. The van der Waals surface area contributed by atoms with E-state index in [1.807, 2.05) is 48.5 Å². The van der Waals surface area contributed by atoms with Gasteiger partial charge in [0.25, 0.3) is 0 Å². The fraction of sp³-hybridized carbons (Fsp3) is 0.235. The third kappa shape index (κ3) is 4.02. The van der Waals surface area contributed by atoms with Crippen molar-refractivity contribution in [1.82, 2.24) is 0 Å². The van der Waals surface area contributed by atoms with Gasteiger partial charge in [0.2, 0.25) is 0 Å². The number of ketones is 1. The summed E-state index contributed by atoms with van der Waals surface area (Å²) in [4.78, 5) is 12.2. The van der Waals surface area contributed by atoms with E-state index in [9.17, 15) is 4.79 Å². The van der Waals surface area contributed by atoms with Crippen LogP contribution < -0.4 is 0 Å². The number of Topliss-reactive ketones (excluding diaryl/α,β-unsaturated/α-hetero) is 1. The number of rotatable bonds is 7. The van der Waals surface area contributed by atoms with Crippen molar-refractivity contribution in [3.63, 3.8) is 0 Å². The molecule has 3 heteroatoms. The van der Waals surface area contributed by atoms with Crippen molar-refractivity contribution in [3.8, 4) is 0 Å². The molecule has 0 spiro atoms. The number of ether oxygens (including phenoxy) is 1. The van der Waals surface area contributed by atoms with Gasteiger partial charge >= 0.3 is 0 Å². The highest BCUT2D eigenvalue weighted by atomic mass is 16.5. The standard InChI is InChI=1S/C17H18O3/c18-11-12-20-17(15-9-5-2-6-10-15)13-16(19)14-7-3-1-4-8-14/h1-10,17-18H,11-13H2. The van der Waals surface area contributed by atoms with Crippen LogP contribution in [0.3, 0.4) is 0 Å². The first-order valence-corrected chi connectivity index (χ1v) is 6.67. The predicted octanol–water partition coefficient (Wildman–Crippen LogP) is 3.01. The number of carbonyl (C=O) groups excluding carboxylic acids is 1. The molecule has 1 unspecified atom stereocenters. The van der Waals surface area contributed by atoms with Gasteiger partial charge in [-0.2, -0.15) is 0 Å². The zero-order chi connectivity index (χ0) is 14.2. The summed E-state index contributed by atoms with van der Waals surface area (Å²) in [5, 5.41) is 8.90. The van der Waals surface area contributed by atoms with Gasteiger partial charge in [0.15, 0.2) is 5.78 Å². The smallest absolute Gasteiger partial charge is 0.165 e. The van der Waals surface area contributed by atoms with Crippen LogP contribution in [0.15, 0.2) is 60.7 Å². The Morgan fingerprint density at radius 3 is 2.20 bits per heavy atom. The highest BCUT2D eigenvalue weighted by Gasteiger charge is 2.17. The molecule has 0 aliphatic heterocycles. The molecule has 20 heavy (non-hydrogen) atoms. The molecule has 0 aliphatic carbocycles. The van der Waals surface area contributed by atoms with Gasteiger partial charge in [-0.3, -0.25) is 4.79 Å². The van der Waals surface area contributed by atoms with E-state index in [1.165, 1.54) is 0 Å². The highest BCUT2D eigenvalue weighted by Crippen LogP contribution is 2.23. The minimum atomic E-state index is -0.323. The molecule has 0 aromatic heterocycles. The number of carbonyl (C=O) groups is 1. The van der Waals surface area contributed by atoms with Crippen LogP contribution in [0.4, 0.5) is 0 Å². The molecule has 0 fully saturated rings. The largest absolute Gasteiger partial charge is 0.394 e. The molecule has 1 N–H and O–H groups in total. The minimum absolute atomic E-state index is 0.0393. The van der Waals surface area contributed by atoms with Crippen molar-refractivity contribution >= 4 is 5.78 Å². The molecule has 2 aromatic rings. The molecule has 0 saturated carbocycles. The summed E-state index contributed by atoms with van der Waals surface area (Å²) in [6.45, 7) is 0.171. The summed E-state index contributed by atoms with van der Waals surface area (Å²) in [7, 11) is 0. The van der Waals surface area contributed by atoms with Gasteiger partial charge in [0, 0.05) is 12.0 Å². The molecule has 0 aliphatic rings. The van der Waals surface area contributed by atoms with E-state index in [1.54, 1.807) is 12.1 Å². The second-order valence-electron chi connectivity index (χ2n) is 4.49. The monoisotopic (exact) mass is 270 g/mol. The molecule has 3 nitrogen and oxygen atoms in total. The fourth-order valence-corrected chi connectivity index (χ4v) is 2.05. The summed E-state index contributed by atoms with van der Waals surface area (Å²) < 4.78 is 5.60. The Labute approximate surface area is 118 Å². The fourth-order valence-electron chi connectivity index (χ4n) is 2.05. The molecule has 0 heterocycles. The molecule has 0 bridgehead atoms. The van der Waals surface area contributed by atoms with Crippen molar-refractivity contribution in [1.29, 1.82) is 0 Å². The second-order valence-corrected chi connectivity index (χ2v) is 4.49. The molecule has 0 amide bonds. The quantitative estimate of drug-likeness (QED) is 0.787. The van der Waals surface area contributed by atoms with Crippen LogP contribution in [0.1, 0.15) is 28.4 Å². The summed E-state index contributed by atoms with van der Waals surface area (Å²) in [5.74, 6) is 0.0393. The zero-order valence-corrected chi connectivity index (χ0v) is 11.2. The lowest BCUT2D eigenvalue weighted by molar-refractivity contribution is 0.0233. The topological polar surface area (TPSA) is 46.5 Å². The van der Waals surface area contributed by atoms with Gasteiger partial charge in [-0.15, -0.1) is 0 Å². The maximum atomic E-state index is 12.2. The normalized spacial score (nSPS) is 12.1. The van der Waals surface area contributed by atoms with Crippen LogP contribution in [-0.2, 0) is 4.74 Å². The molecular formula is C17H18O3. The summed E-state index contributed by atoms with van der Waals surface area (Å²) in [6, 6.07) is 18.8. The van der Waals surface area contributed by atoms with Gasteiger partial charge in [0.05, 0.1) is 19.3 Å². The number of hydrogen-bond acceptors (Lipinski definition) is 3. The summed E-state index contributed by atoms with van der Waals surface area (Å²) in [5.41, 5.74) is 1.63. The maximum Gasteiger partial charge on any atom is 0.165 e. The minimum Gasteiger partial charge on any atom is -0.394 e. The lowest BCUT2D eigenvalue weighted by Crippen LogP contribution is -2.13. The third-order valence-corrected chi connectivity index (χ3v) is 3.05. The van der Waals surface area contributed by atoms with Crippen LogP contribution in [0, 0.1) is 0 Å². The van der Waals surface area contributed by atoms with Gasteiger partial charge < -0.3 is 9.84 Å². The Bertz CT molecular complexity index is 522. The first-order valence-electron chi connectivity index (χ1n) is 6.67. The Morgan fingerprint density at radius 1 is 1.00 bits per heavy atom. The number of aliphatic hydroxyl groups is 1. The average molecular weight is 270 g/mol. The van der Waals surface area contributed by atoms with E-state index in [0.717, 1.165) is 5.56 Å². The van der Waals surface area contributed by atoms with Crippen LogP contribution >= 0.6 is 0 Å². The van der Waals surface area contributed by atoms with E-state index >= 15 is 0 Å². The van der Waals surface area contributed by atoms with E-state index in [0.29, 0.717) is 5.56 Å². The van der Waals surface area contributed by atoms with E-state index in [-0.39, 0.29) is 31.5 Å². The molecule has 0 saturated heterocycles. The van der Waals surface area contributed by atoms with Crippen LogP contribution in [0.25, 0.3) is 0 Å². The Hall–Kier alpha value is -1.97. The maximum absolute atomic E-state index is 12.2. The lowest BCUT2D eigenvalue weighted by Gasteiger charge is -2.17. The molecule has 104 valence electrons. The third-order valence-electron chi connectivity index (χ3n) is 3.05. The Balaban J connectivity index is 2.10. The molecule has 2 rings (SSSR count). The van der Waals surface area contributed by atoms with Gasteiger partial charge in [-0.05, 0) is 5.56 Å². The van der Waals surface area contributed by atoms with Crippen LogP contribution in [0.2, 0.25) is 0 Å². The summed E-state index contributed by atoms with van der Waals surface area (Å²) >= 11 is 0. The van der Waals surface area contributed by atoms with Gasteiger partial charge in [-0.25, -0.2) is 0 Å². The van der Waals surface area contributed by atoms with Crippen molar-refractivity contribution in [2.45, 2.75) is 12.5 Å². The summed E-state index contributed by atoms with van der Waals surface area (Å²) in [6.07, 6.45) is -0.0512. The van der Waals surface area contributed by atoms with Gasteiger partial charge in [0.1, 0.15) is 0 Å².